The Morgan fingerprint density at radius 1 is 1.17 bits per heavy atom. The number of carbonyl (C=O) groups excluding carboxylic acids is 1. The van der Waals surface area contributed by atoms with Crippen molar-refractivity contribution < 1.29 is 9.53 Å². The van der Waals surface area contributed by atoms with Crippen LogP contribution in [0, 0.1) is 6.92 Å². The van der Waals surface area contributed by atoms with Crippen molar-refractivity contribution in [3.8, 4) is 5.75 Å². The van der Waals surface area contributed by atoms with Crippen LogP contribution in [0.5, 0.6) is 5.75 Å². The number of hydrogen-bond acceptors (Lipinski definition) is 4. The summed E-state index contributed by atoms with van der Waals surface area (Å²) < 4.78 is 5.76. The molecule has 29 heavy (non-hydrogen) atoms. The minimum Gasteiger partial charge on any atom is -0.487 e. The van der Waals surface area contributed by atoms with Crippen LogP contribution >= 0.6 is 11.3 Å². The Bertz CT molecular complexity index is 962. The van der Waals surface area contributed by atoms with Crippen LogP contribution in [-0.2, 0) is 17.9 Å². The summed E-state index contributed by atoms with van der Waals surface area (Å²) in [6.07, 6.45) is 5.15. The molecule has 4 nitrogen and oxygen atoms in total. The van der Waals surface area contributed by atoms with Crippen molar-refractivity contribution in [2.75, 3.05) is 6.54 Å². The molecule has 0 aliphatic rings. The van der Waals surface area contributed by atoms with Gasteiger partial charge in [-0.25, -0.2) is 4.98 Å². The summed E-state index contributed by atoms with van der Waals surface area (Å²) in [7, 11) is 0. The number of thiazole rings is 1. The number of hydrogen-bond donors (Lipinski definition) is 0. The molecule has 1 amide bonds. The highest BCUT2D eigenvalue weighted by Crippen LogP contribution is 2.16. The first-order chi connectivity index (χ1) is 14.1. The molecule has 0 aliphatic heterocycles. The van der Waals surface area contributed by atoms with Crippen LogP contribution in [-0.4, -0.2) is 22.3 Å². The molecule has 0 fully saturated rings. The van der Waals surface area contributed by atoms with E-state index in [1.165, 1.54) is 0 Å². The van der Waals surface area contributed by atoms with Crippen molar-refractivity contribution in [2.45, 2.75) is 20.1 Å². The van der Waals surface area contributed by atoms with Crippen LogP contribution in [0.15, 0.2) is 78.7 Å². The van der Waals surface area contributed by atoms with Gasteiger partial charge >= 0.3 is 0 Å². The van der Waals surface area contributed by atoms with Gasteiger partial charge in [-0.1, -0.05) is 48.5 Å². The number of nitrogens with zero attached hydrogens (tertiary/aromatic N) is 2. The van der Waals surface area contributed by atoms with Gasteiger partial charge in [-0.15, -0.1) is 17.9 Å². The monoisotopic (exact) mass is 404 g/mol. The molecule has 2 aromatic carbocycles. The maximum absolute atomic E-state index is 12.6. The molecule has 0 saturated heterocycles. The topological polar surface area (TPSA) is 42.4 Å². The first kappa shape index (κ1) is 20.6. The van der Waals surface area contributed by atoms with E-state index < -0.39 is 0 Å². The highest BCUT2D eigenvalue weighted by molar-refractivity contribution is 7.09. The number of amides is 1. The largest absolute Gasteiger partial charge is 0.487 e. The molecule has 0 saturated carbocycles. The van der Waals surface area contributed by atoms with E-state index >= 15 is 0 Å². The van der Waals surface area contributed by atoms with Gasteiger partial charge in [0, 0.05) is 24.5 Å². The Morgan fingerprint density at radius 3 is 2.59 bits per heavy atom. The maximum Gasteiger partial charge on any atom is 0.247 e. The van der Waals surface area contributed by atoms with Gasteiger partial charge in [0.15, 0.2) is 0 Å². The molecule has 0 atom stereocenters. The van der Waals surface area contributed by atoms with E-state index in [1.54, 1.807) is 28.4 Å². The zero-order chi connectivity index (χ0) is 20.5. The SMILES string of the molecule is C=CCN(Cc1ccccc1)C(=O)/C=C/c1ccc(OCc2csc(C)n2)cc1. The number of carbonyl (C=O) groups is 1. The quantitative estimate of drug-likeness (QED) is 0.361. The van der Waals surface area contributed by atoms with Crippen molar-refractivity contribution >= 4 is 23.3 Å². The van der Waals surface area contributed by atoms with Gasteiger partial charge in [0.1, 0.15) is 12.4 Å². The van der Waals surface area contributed by atoms with Crippen LogP contribution in [0.3, 0.4) is 0 Å². The fraction of sp³-hybridized carbons (Fsp3) is 0.167. The third-order valence-corrected chi connectivity index (χ3v) is 5.05. The normalized spacial score (nSPS) is 10.8. The molecule has 0 radical (unpaired) electrons. The van der Waals surface area contributed by atoms with E-state index in [4.69, 9.17) is 4.74 Å². The third kappa shape index (κ3) is 6.43. The number of benzene rings is 2. The molecule has 3 aromatic rings. The Hall–Kier alpha value is -3.18. The predicted octanol–water partition coefficient (Wildman–Crippen LogP) is 5.26. The Labute approximate surface area is 175 Å². The summed E-state index contributed by atoms with van der Waals surface area (Å²) in [6.45, 7) is 7.24. The molecule has 3 rings (SSSR count). The highest BCUT2D eigenvalue weighted by Gasteiger charge is 2.09. The van der Waals surface area contributed by atoms with Gasteiger partial charge < -0.3 is 9.64 Å². The van der Waals surface area contributed by atoms with Crippen LogP contribution in [0.2, 0.25) is 0 Å². The van der Waals surface area contributed by atoms with E-state index in [-0.39, 0.29) is 5.91 Å². The zero-order valence-electron chi connectivity index (χ0n) is 16.5. The minimum atomic E-state index is -0.0482. The number of rotatable bonds is 9. The predicted molar refractivity (Wildman–Crippen MR) is 119 cm³/mol. The van der Waals surface area contributed by atoms with E-state index in [2.05, 4.69) is 11.6 Å². The molecule has 0 spiro atoms. The summed E-state index contributed by atoms with van der Waals surface area (Å²) in [4.78, 5) is 18.7. The standard InChI is InChI=1S/C24H24N2O2S/c1-3-15-26(16-21-7-5-4-6-8-21)24(27)14-11-20-9-12-23(13-10-20)28-17-22-18-29-19(2)25-22/h3-14,18H,1,15-17H2,2H3/b14-11+. The lowest BCUT2D eigenvalue weighted by Crippen LogP contribution is -2.29. The summed E-state index contributed by atoms with van der Waals surface area (Å²) in [5, 5.41) is 3.04. The fourth-order valence-electron chi connectivity index (χ4n) is 2.77. The Balaban J connectivity index is 1.57. The van der Waals surface area contributed by atoms with Crippen molar-refractivity contribution in [3.05, 3.63) is 101 Å². The molecular weight excluding hydrogens is 380 g/mol. The molecule has 148 valence electrons. The lowest BCUT2D eigenvalue weighted by atomic mass is 10.2. The fourth-order valence-corrected chi connectivity index (χ4v) is 3.37. The molecule has 0 unspecified atom stereocenters. The number of aromatic nitrogens is 1. The molecule has 0 aliphatic carbocycles. The van der Waals surface area contributed by atoms with E-state index in [1.807, 2.05) is 73.0 Å². The second-order valence-electron chi connectivity index (χ2n) is 6.54. The Kier molecular flexibility index (Phi) is 7.36. The Morgan fingerprint density at radius 2 is 1.93 bits per heavy atom. The number of aryl methyl sites for hydroxylation is 1. The van der Waals surface area contributed by atoms with Crippen LogP contribution in [0.25, 0.3) is 6.08 Å². The van der Waals surface area contributed by atoms with Crippen LogP contribution in [0.4, 0.5) is 0 Å². The van der Waals surface area contributed by atoms with Crippen LogP contribution in [0.1, 0.15) is 21.8 Å². The first-order valence-corrected chi connectivity index (χ1v) is 10.3. The first-order valence-electron chi connectivity index (χ1n) is 9.40. The maximum atomic E-state index is 12.6. The zero-order valence-corrected chi connectivity index (χ0v) is 17.3. The number of ether oxygens (including phenoxy) is 1. The van der Waals surface area contributed by atoms with Crippen molar-refractivity contribution in [3.63, 3.8) is 0 Å². The average Bonchev–Trinajstić information content (AvgIpc) is 3.17. The second kappa shape index (κ2) is 10.4. The van der Waals surface area contributed by atoms with Gasteiger partial charge in [0.2, 0.25) is 5.91 Å². The van der Waals surface area contributed by atoms with Gasteiger partial charge in [-0.05, 0) is 36.3 Å². The highest BCUT2D eigenvalue weighted by atomic mass is 32.1. The lowest BCUT2D eigenvalue weighted by molar-refractivity contribution is -0.126. The molecule has 5 heteroatoms. The van der Waals surface area contributed by atoms with Crippen molar-refractivity contribution in [1.82, 2.24) is 9.88 Å². The van der Waals surface area contributed by atoms with E-state index in [0.717, 1.165) is 27.6 Å². The molecule has 1 heterocycles. The van der Waals surface area contributed by atoms with E-state index in [0.29, 0.717) is 19.7 Å². The summed E-state index contributed by atoms with van der Waals surface area (Å²) in [6, 6.07) is 17.6. The lowest BCUT2D eigenvalue weighted by Gasteiger charge is -2.19. The molecule has 1 aromatic heterocycles. The van der Waals surface area contributed by atoms with Gasteiger partial charge in [0.05, 0.1) is 10.7 Å². The van der Waals surface area contributed by atoms with E-state index in [9.17, 15) is 4.79 Å². The molecule has 0 bridgehead atoms. The molecule has 0 N–H and O–H groups in total. The minimum absolute atomic E-state index is 0.0482. The van der Waals surface area contributed by atoms with Gasteiger partial charge in [-0.2, -0.15) is 0 Å². The summed E-state index contributed by atoms with van der Waals surface area (Å²) in [5.41, 5.74) is 2.96. The van der Waals surface area contributed by atoms with Crippen molar-refractivity contribution in [1.29, 1.82) is 0 Å². The second-order valence-corrected chi connectivity index (χ2v) is 7.60. The molecular formula is C24H24N2O2S. The van der Waals surface area contributed by atoms with Crippen molar-refractivity contribution in [2.24, 2.45) is 0 Å². The third-order valence-electron chi connectivity index (χ3n) is 4.23. The summed E-state index contributed by atoms with van der Waals surface area (Å²) >= 11 is 1.61. The van der Waals surface area contributed by atoms with Gasteiger partial charge in [0.25, 0.3) is 0 Å². The average molecular weight is 405 g/mol. The smallest absolute Gasteiger partial charge is 0.247 e. The summed E-state index contributed by atoms with van der Waals surface area (Å²) in [5.74, 6) is 0.726. The van der Waals surface area contributed by atoms with Crippen LogP contribution < -0.4 is 4.74 Å². The van der Waals surface area contributed by atoms with Gasteiger partial charge in [-0.3, -0.25) is 4.79 Å².